The maximum absolute atomic E-state index is 6.56. The van der Waals surface area contributed by atoms with Crippen molar-refractivity contribution in [3.8, 4) is 11.5 Å². The summed E-state index contributed by atoms with van der Waals surface area (Å²) < 4.78 is 10.9. The molecular formula is C18H23NO2. The van der Waals surface area contributed by atoms with Gasteiger partial charge in [-0.2, -0.15) is 0 Å². The molecule has 2 aromatic rings. The average molecular weight is 285 g/mol. The van der Waals surface area contributed by atoms with E-state index in [4.69, 9.17) is 15.2 Å². The van der Waals surface area contributed by atoms with Crippen LogP contribution in [-0.2, 0) is 0 Å². The van der Waals surface area contributed by atoms with Gasteiger partial charge >= 0.3 is 0 Å². The van der Waals surface area contributed by atoms with E-state index in [1.165, 1.54) is 16.7 Å². The minimum Gasteiger partial charge on any atom is -0.496 e. The number of hydrogen-bond donors (Lipinski definition) is 1. The Labute approximate surface area is 126 Å². The van der Waals surface area contributed by atoms with E-state index in [0.29, 0.717) is 0 Å². The molecule has 1 atom stereocenters. The minimum absolute atomic E-state index is 0.281. The number of ether oxygens (including phenoxy) is 2. The van der Waals surface area contributed by atoms with Crippen molar-refractivity contribution in [3.63, 3.8) is 0 Å². The van der Waals surface area contributed by atoms with Crippen LogP contribution in [0.5, 0.6) is 11.5 Å². The smallest absolute Gasteiger partial charge is 0.127 e. The standard InChI is InChI=1S/C18H23NO2/c1-11-9-12(2)16(13(3)10-11)18(19)17-14(20-4)7-6-8-15(17)21-5/h6-10,18H,19H2,1-5H3. The summed E-state index contributed by atoms with van der Waals surface area (Å²) in [6.45, 7) is 6.28. The zero-order chi connectivity index (χ0) is 15.6. The van der Waals surface area contributed by atoms with E-state index in [1.807, 2.05) is 18.2 Å². The van der Waals surface area contributed by atoms with Crippen LogP contribution >= 0.6 is 0 Å². The quantitative estimate of drug-likeness (QED) is 0.932. The molecule has 0 aliphatic rings. The zero-order valence-corrected chi connectivity index (χ0v) is 13.4. The molecule has 0 fully saturated rings. The second-order valence-corrected chi connectivity index (χ2v) is 5.37. The maximum atomic E-state index is 6.56. The fourth-order valence-corrected chi connectivity index (χ4v) is 3.01. The summed E-state index contributed by atoms with van der Waals surface area (Å²) in [5.74, 6) is 1.50. The fraction of sp³-hybridized carbons (Fsp3) is 0.333. The van der Waals surface area contributed by atoms with Crippen LogP contribution in [0.4, 0.5) is 0 Å². The van der Waals surface area contributed by atoms with E-state index in [9.17, 15) is 0 Å². The lowest BCUT2D eigenvalue weighted by molar-refractivity contribution is 0.382. The summed E-state index contributed by atoms with van der Waals surface area (Å²) in [6, 6.07) is 9.76. The first-order valence-electron chi connectivity index (χ1n) is 7.03. The van der Waals surface area contributed by atoms with Gasteiger partial charge in [0.25, 0.3) is 0 Å². The van der Waals surface area contributed by atoms with Gasteiger partial charge < -0.3 is 15.2 Å². The summed E-state index contributed by atoms with van der Waals surface area (Å²) in [5.41, 5.74) is 12.2. The molecule has 112 valence electrons. The van der Waals surface area contributed by atoms with Crippen molar-refractivity contribution in [3.05, 3.63) is 58.1 Å². The zero-order valence-electron chi connectivity index (χ0n) is 13.4. The molecule has 0 heterocycles. The van der Waals surface area contributed by atoms with Gasteiger partial charge in [0.05, 0.1) is 25.8 Å². The topological polar surface area (TPSA) is 44.5 Å². The van der Waals surface area contributed by atoms with Gasteiger partial charge in [-0.3, -0.25) is 0 Å². The molecule has 0 amide bonds. The molecule has 2 aromatic carbocycles. The van der Waals surface area contributed by atoms with Crippen LogP contribution in [0, 0.1) is 20.8 Å². The maximum Gasteiger partial charge on any atom is 0.127 e. The molecule has 0 radical (unpaired) electrons. The highest BCUT2D eigenvalue weighted by Gasteiger charge is 2.22. The predicted molar refractivity (Wildman–Crippen MR) is 86.2 cm³/mol. The van der Waals surface area contributed by atoms with Crippen LogP contribution in [-0.4, -0.2) is 14.2 Å². The van der Waals surface area contributed by atoms with Gasteiger partial charge in [-0.05, 0) is 49.6 Å². The van der Waals surface area contributed by atoms with E-state index in [0.717, 1.165) is 22.6 Å². The predicted octanol–water partition coefficient (Wildman–Crippen LogP) is 3.68. The monoisotopic (exact) mass is 285 g/mol. The van der Waals surface area contributed by atoms with E-state index in [2.05, 4.69) is 32.9 Å². The van der Waals surface area contributed by atoms with E-state index in [1.54, 1.807) is 14.2 Å². The Morgan fingerprint density at radius 3 is 1.76 bits per heavy atom. The number of nitrogens with two attached hydrogens (primary N) is 1. The molecule has 0 aliphatic carbocycles. The van der Waals surface area contributed by atoms with Gasteiger partial charge in [0.2, 0.25) is 0 Å². The molecule has 3 nitrogen and oxygen atoms in total. The van der Waals surface area contributed by atoms with Crippen molar-refractivity contribution in [1.29, 1.82) is 0 Å². The van der Waals surface area contributed by atoms with Crippen LogP contribution in [0.25, 0.3) is 0 Å². The van der Waals surface area contributed by atoms with E-state index < -0.39 is 0 Å². The highest BCUT2D eigenvalue weighted by Crippen LogP contribution is 2.38. The van der Waals surface area contributed by atoms with Crippen molar-refractivity contribution in [1.82, 2.24) is 0 Å². The summed E-state index contributed by atoms with van der Waals surface area (Å²) in [4.78, 5) is 0. The second kappa shape index (κ2) is 6.19. The minimum atomic E-state index is -0.281. The SMILES string of the molecule is COc1cccc(OC)c1C(N)c1c(C)cc(C)cc1C. The van der Waals surface area contributed by atoms with Crippen LogP contribution in [0.15, 0.2) is 30.3 Å². The second-order valence-electron chi connectivity index (χ2n) is 5.37. The molecule has 2 rings (SSSR count). The van der Waals surface area contributed by atoms with Gasteiger partial charge in [0.1, 0.15) is 11.5 Å². The largest absolute Gasteiger partial charge is 0.496 e. The molecule has 0 saturated heterocycles. The highest BCUT2D eigenvalue weighted by molar-refractivity contribution is 5.53. The average Bonchev–Trinajstić information content (AvgIpc) is 2.44. The number of benzene rings is 2. The van der Waals surface area contributed by atoms with Crippen LogP contribution in [0.2, 0.25) is 0 Å². The van der Waals surface area contributed by atoms with E-state index >= 15 is 0 Å². The first-order valence-corrected chi connectivity index (χ1v) is 7.03. The molecule has 21 heavy (non-hydrogen) atoms. The lowest BCUT2D eigenvalue weighted by Crippen LogP contribution is -2.17. The normalized spacial score (nSPS) is 12.1. The Morgan fingerprint density at radius 1 is 0.857 bits per heavy atom. The Hall–Kier alpha value is -2.00. The van der Waals surface area contributed by atoms with Crippen molar-refractivity contribution in [2.24, 2.45) is 5.73 Å². The fourth-order valence-electron chi connectivity index (χ4n) is 3.01. The van der Waals surface area contributed by atoms with Gasteiger partial charge in [-0.1, -0.05) is 23.8 Å². The van der Waals surface area contributed by atoms with Gasteiger partial charge in [0.15, 0.2) is 0 Å². The van der Waals surface area contributed by atoms with Gasteiger partial charge in [0, 0.05) is 0 Å². The van der Waals surface area contributed by atoms with Crippen molar-refractivity contribution in [2.75, 3.05) is 14.2 Å². The third-order valence-corrected chi connectivity index (χ3v) is 3.83. The summed E-state index contributed by atoms with van der Waals surface area (Å²) in [6.07, 6.45) is 0. The van der Waals surface area contributed by atoms with Crippen molar-refractivity contribution < 1.29 is 9.47 Å². The Kier molecular flexibility index (Phi) is 4.53. The third kappa shape index (κ3) is 2.88. The Morgan fingerprint density at radius 2 is 1.33 bits per heavy atom. The molecule has 0 saturated carbocycles. The number of rotatable bonds is 4. The molecular weight excluding hydrogens is 262 g/mol. The van der Waals surface area contributed by atoms with Gasteiger partial charge in [-0.15, -0.1) is 0 Å². The summed E-state index contributed by atoms with van der Waals surface area (Å²) >= 11 is 0. The molecule has 0 aliphatic heterocycles. The van der Waals surface area contributed by atoms with E-state index in [-0.39, 0.29) is 6.04 Å². The number of methoxy groups -OCH3 is 2. The van der Waals surface area contributed by atoms with Crippen LogP contribution in [0.3, 0.4) is 0 Å². The lowest BCUT2D eigenvalue weighted by Gasteiger charge is -2.22. The molecule has 2 N–H and O–H groups in total. The number of hydrogen-bond acceptors (Lipinski definition) is 3. The molecule has 3 heteroatoms. The van der Waals surface area contributed by atoms with Crippen LogP contribution < -0.4 is 15.2 Å². The molecule has 0 bridgehead atoms. The Balaban J connectivity index is 2.62. The summed E-state index contributed by atoms with van der Waals surface area (Å²) in [7, 11) is 3.31. The summed E-state index contributed by atoms with van der Waals surface area (Å²) in [5, 5.41) is 0. The lowest BCUT2D eigenvalue weighted by atomic mass is 9.89. The molecule has 1 unspecified atom stereocenters. The molecule has 0 spiro atoms. The van der Waals surface area contributed by atoms with Crippen LogP contribution in [0.1, 0.15) is 33.9 Å². The number of aryl methyl sites for hydroxylation is 3. The highest BCUT2D eigenvalue weighted by atomic mass is 16.5. The molecule has 0 aromatic heterocycles. The Bertz CT molecular complexity index is 604. The first kappa shape index (κ1) is 15.4. The van der Waals surface area contributed by atoms with Crippen molar-refractivity contribution in [2.45, 2.75) is 26.8 Å². The van der Waals surface area contributed by atoms with Gasteiger partial charge in [-0.25, -0.2) is 0 Å². The van der Waals surface area contributed by atoms with Crippen molar-refractivity contribution >= 4 is 0 Å². The third-order valence-electron chi connectivity index (χ3n) is 3.83. The first-order chi connectivity index (χ1) is 9.99.